The van der Waals surface area contributed by atoms with E-state index in [1.165, 1.54) is 0 Å². The molecule has 1 aliphatic heterocycles. The smallest absolute Gasteiger partial charge is 0.145 e. The van der Waals surface area contributed by atoms with E-state index in [4.69, 9.17) is 26.3 Å². The highest BCUT2D eigenvalue weighted by atomic mass is 35.5. The van der Waals surface area contributed by atoms with Gasteiger partial charge in [-0.3, -0.25) is 4.90 Å². The highest BCUT2D eigenvalue weighted by Gasteiger charge is 2.17. The first kappa shape index (κ1) is 18.6. The Balaban J connectivity index is 1.55. The number of fused-ring (bicyclic) bond motifs is 1. The second-order valence-electron chi connectivity index (χ2n) is 6.82. The number of rotatable bonds is 7. The average molecular weight is 404 g/mol. The number of nitrogens with one attached hydrogen (secondary N) is 1. The van der Waals surface area contributed by atoms with E-state index in [9.17, 15) is 0 Å². The predicted molar refractivity (Wildman–Crippen MR) is 109 cm³/mol. The van der Waals surface area contributed by atoms with Crippen molar-refractivity contribution in [2.45, 2.75) is 32.0 Å². The largest absolute Gasteiger partial charge is 0.376 e. The Morgan fingerprint density at radius 1 is 1.33 bits per heavy atom. The van der Waals surface area contributed by atoms with Crippen molar-refractivity contribution < 1.29 is 4.74 Å². The van der Waals surface area contributed by atoms with Gasteiger partial charge in [-0.15, -0.1) is 11.3 Å². The van der Waals surface area contributed by atoms with E-state index >= 15 is 0 Å². The molecule has 142 valence electrons. The predicted octanol–water partition coefficient (Wildman–Crippen LogP) is 3.96. The van der Waals surface area contributed by atoms with Crippen molar-refractivity contribution in [1.29, 1.82) is 0 Å². The van der Waals surface area contributed by atoms with E-state index in [1.807, 2.05) is 30.8 Å². The summed E-state index contributed by atoms with van der Waals surface area (Å²) in [4.78, 5) is 16.0. The quantitative estimate of drug-likeness (QED) is 0.644. The lowest BCUT2D eigenvalue weighted by molar-refractivity contribution is 0.120. The lowest BCUT2D eigenvalue weighted by Crippen LogP contribution is -2.21. The average Bonchev–Trinajstić information content (AvgIpc) is 3.33. The van der Waals surface area contributed by atoms with Crippen molar-refractivity contribution in [1.82, 2.24) is 19.9 Å². The molecule has 3 aromatic rings. The number of anilines is 1. The zero-order valence-corrected chi connectivity index (χ0v) is 16.8. The highest BCUT2D eigenvalue weighted by Crippen LogP contribution is 2.25. The molecule has 1 unspecified atom stereocenters. The molecule has 8 heteroatoms. The summed E-state index contributed by atoms with van der Waals surface area (Å²) >= 11 is 7.79. The van der Waals surface area contributed by atoms with Crippen LogP contribution in [0.2, 0.25) is 5.02 Å². The van der Waals surface area contributed by atoms with Crippen molar-refractivity contribution in [3.05, 3.63) is 45.6 Å². The third-order valence-electron chi connectivity index (χ3n) is 4.55. The van der Waals surface area contributed by atoms with Crippen LogP contribution in [0.4, 0.5) is 5.82 Å². The van der Waals surface area contributed by atoms with Gasteiger partial charge in [0.25, 0.3) is 0 Å². The lowest BCUT2D eigenvalue weighted by atomic mass is 10.2. The minimum absolute atomic E-state index is 0.248. The molecule has 4 rings (SSSR count). The Kier molecular flexibility index (Phi) is 5.83. The third-order valence-corrected chi connectivity index (χ3v) is 5.42. The van der Waals surface area contributed by atoms with Gasteiger partial charge in [-0.25, -0.2) is 15.0 Å². The van der Waals surface area contributed by atoms with E-state index in [0.29, 0.717) is 11.6 Å². The summed E-state index contributed by atoms with van der Waals surface area (Å²) in [5.74, 6) is 1.60. The molecule has 1 N–H and O–H groups in total. The Morgan fingerprint density at radius 2 is 2.26 bits per heavy atom. The summed E-state index contributed by atoms with van der Waals surface area (Å²) in [6.45, 7) is 3.00. The fraction of sp³-hybridized carbons (Fsp3) is 0.421. The molecular weight excluding hydrogens is 382 g/mol. The van der Waals surface area contributed by atoms with Crippen molar-refractivity contribution in [2.75, 3.05) is 25.5 Å². The van der Waals surface area contributed by atoms with Crippen LogP contribution in [0.3, 0.4) is 0 Å². The second kappa shape index (κ2) is 8.48. The van der Waals surface area contributed by atoms with E-state index in [2.05, 4.69) is 20.6 Å². The van der Waals surface area contributed by atoms with Gasteiger partial charge in [-0.2, -0.15) is 0 Å². The second-order valence-corrected chi connectivity index (χ2v) is 7.97. The van der Waals surface area contributed by atoms with Crippen LogP contribution in [0.5, 0.6) is 0 Å². The number of hydrogen-bond acceptors (Lipinski definition) is 7. The van der Waals surface area contributed by atoms with Crippen LogP contribution in [0, 0.1) is 0 Å². The summed E-state index contributed by atoms with van der Waals surface area (Å²) in [6.07, 6.45) is 2.46. The fourth-order valence-electron chi connectivity index (χ4n) is 3.26. The van der Waals surface area contributed by atoms with E-state index in [1.54, 1.807) is 11.3 Å². The van der Waals surface area contributed by atoms with Gasteiger partial charge in [0.2, 0.25) is 0 Å². The zero-order valence-electron chi connectivity index (χ0n) is 15.2. The number of halogens is 1. The van der Waals surface area contributed by atoms with Gasteiger partial charge in [-0.05, 0) is 38.1 Å². The maximum absolute atomic E-state index is 6.19. The van der Waals surface area contributed by atoms with Crippen LogP contribution >= 0.6 is 22.9 Å². The molecule has 1 saturated heterocycles. The van der Waals surface area contributed by atoms with Gasteiger partial charge in [0, 0.05) is 35.5 Å². The number of aromatic nitrogens is 3. The minimum atomic E-state index is 0.248. The highest BCUT2D eigenvalue weighted by molar-refractivity contribution is 7.07. The first-order valence-electron chi connectivity index (χ1n) is 9.04. The number of hydrogen-bond donors (Lipinski definition) is 1. The van der Waals surface area contributed by atoms with Crippen LogP contribution in [0.15, 0.2) is 29.1 Å². The molecule has 0 amide bonds. The first-order valence-corrected chi connectivity index (χ1v) is 10.4. The topological polar surface area (TPSA) is 63.2 Å². The first-order chi connectivity index (χ1) is 13.2. The lowest BCUT2D eigenvalue weighted by Gasteiger charge is -2.17. The number of nitrogens with zero attached hydrogens (tertiary/aromatic N) is 4. The monoisotopic (exact) mass is 403 g/mol. The van der Waals surface area contributed by atoms with Crippen LogP contribution < -0.4 is 5.32 Å². The zero-order chi connectivity index (χ0) is 18.6. The Labute approximate surface area is 167 Å². The molecule has 27 heavy (non-hydrogen) atoms. The Hall–Kier alpha value is -1.80. The number of ether oxygens (including phenoxy) is 1. The van der Waals surface area contributed by atoms with E-state index < -0.39 is 0 Å². The molecule has 0 bridgehead atoms. The SMILES string of the molecule is CN(Cc1cscn1)Cc1nc(NCC2CCCO2)c2ccc(Cl)cc2n1. The normalized spacial score (nSPS) is 17.1. The third kappa shape index (κ3) is 4.73. The fourth-order valence-corrected chi connectivity index (χ4v) is 3.98. The van der Waals surface area contributed by atoms with Crippen LogP contribution in [0.25, 0.3) is 10.9 Å². The Bertz CT molecular complexity index is 899. The van der Waals surface area contributed by atoms with Gasteiger partial charge in [0.1, 0.15) is 11.6 Å². The molecule has 0 aliphatic carbocycles. The van der Waals surface area contributed by atoms with E-state index in [0.717, 1.165) is 60.8 Å². The van der Waals surface area contributed by atoms with Crippen LogP contribution in [0.1, 0.15) is 24.4 Å². The molecular formula is C19H22ClN5OS. The Morgan fingerprint density at radius 3 is 3.04 bits per heavy atom. The van der Waals surface area contributed by atoms with Crippen molar-refractivity contribution in [3.8, 4) is 0 Å². The maximum Gasteiger partial charge on any atom is 0.145 e. The van der Waals surface area contributed by atoms with Crippen molar-refractivity contribution in [3.63, 3.8) is 0 Å². The molecule has 1 aromatic carbocycles. The summed E-state index contributed by atoms with van der Waals surface area (Å²) in [5, 5.41) is 7.17. The van der Waals surface area contributed by atoms with Gasteiger partial charge >= 0.3 is 0 Å². The molecule has 6 nitrogen and oxygen atoms in total. The molecule has 2 aromatic heterocycles. The number of benzene rings is 1. The summed E-state index contributed by atoms with van der Waals surface area (Å²) in [6, 6.07) is 5.73. The molecule has 3 heterocycles. The van der Waals surface area contributed by atoms with Crippen molar-refractivity contribution >= 4 is 39.7 Å². The van der Waals surface area contributed by atoms with Gasteiger partial charge < -0.3 is 10.1 Å². The molecule has 0 spiro atoms. The van der Waals surface area contributed by atoms with Gasteiger partial charge in [-0.1, -0.05) is 11.6 Å². The van der Waals surface area contributed by atoms with Crippen LogP contribution in [-0.4, -0.2) is 46.2 Å². The standard InChI is InChI=1S/C19H22ClN5OS/c1-25(9-14-11-27-12-22-14)10-18-23-17-7-13(20)4-5-16(17)19(24-18)21-8-15-3-2-6-26-15/h4-5,7,11-12,15H,2-3,6,8-10H2,1H3,(H,21,23,24). The molecule has 1 atom stereocenters. The molecule has 0 radical (unpaired) electrons. The molecule has 1 fully saturated rings. The van der Waals surface area contributed by atoms with Crippen molar-refractivity contribution in [2.24, 2.45) is 0 Å². The molecule has 0 saturated carbocycles. The summed E-state index contributed by atoms with van der Waals surface area (Å²) in [7, 11) is 2.05. The van der Waals surface area contributed by atoms with Crippen LogP contribution in [-0.2, 0) is 17.8 Å². The van der Waals surface area contributed by atoms with Gasteiger partial charge in [0.05, 0.1) is 29.4 Å². The maximum atomic E-state index is 6.19. The number of thiazole rings is 1. The summed E-state index contributed by atoms with van der Waals surface area (Å²) < 4.78 is 5.72. The van der Waals surface area contributed by atoms with Gasteiger partial charge in [0.15, 0.2) is 0 Å². The minimum Gasteiger partial charge on any atom is -0.376 e. The summed E-state index contributed by atoms with van der Waals surface area (Å²) in [5.41, 5.74) is 3.76. The molecule has 1 aliphatic rings. The van der Waals surface area contributed by atoms with E-state index in [-0.39, 0.29) is 6.10 Å².